The van der Waals surface area contributed by atoms with Crippen LogP contribution in [-0.4, -0.2) is 74.1 Å². The maximum atomic E-state index is 12.3. The number of ether oxygens (including phenoxy) is 1. The van der Waals surface area contributed by atoms with Gasteiger partial charge in [-0.2, -0.15) is 0 Å². The van der Waals surface area contributed by atoms with Crippen molar-refractivity contribution in [1.82, 2.24) is 9.80 Å². The molecule has 1 atom stereocenters. The first kappa shape index (κ1) is 17.9. The van der Waals surface area contributed by atoms with E-state index >= 15 is 0 Å². The predicted molar refractivity (Wildman–Crippen MR) is 96.5 cm³/mol. The Morgan fingerprint density at radius 2 is 1.96 bits per heavy atom. The number of nitrogens with zero attached hydrogens (tertiary/aromatic N) is 3. The molecule has 6 nitrogen and oxygen atoms in total. The summed E-state index contributed by atoms with van der Waals surface area (Å²) in [5.74, 6) is 0.162. The van der Waals surface area contributed by atoms with Crippen molar-refractivity contribution in [3.05, 3.63) is 30.3 Å². The number of rotatable bonds is 3. The zero-order chi connectivity index (χ0) is 17.9. The number of likely N-dealkylation sites (N-methyl/N-ethyl adjacent to an activating group) is 1. The molecule has 2 aliphatic rings. The number of anilines is 1. The third kappa shape index (κ3) is 4.19. The normalized spacial score (nSPS) is 24.7. The molecule has 1 aromatic carbocycles. The van der Waals surface area contributed by atoms with Crippen molar-refractivity contribution in [2.45, 2.75) is 24.9 Å². The molecular weight excluding hydrogens is 318 g/mol. The quantitative estimate of drug-likeness (QED) is 0.830. The van der Waals surface area contributed by atoms with E-state index in [0.29, 0.717) is 19.6 Å². The van der Waals surface area contributed by atoms with Crippen molar-refractivity contribution in [3.8, 4) is 0 Å². The second-order valence-corrected chi connectivity index (χ2v) is 7.26. The van der Waals surface area contributed by atoms with Crippen LogP contribution >= 0.6 is 0 Å². The smallest absolute Gasteiger partial charge is 0.253 e. The number of benzene rings is 1. The number of para-hydroxylation sites is 1. The Kier molecular flexibility index (Phi) is 5.39. The molecule has 0 aliphatic carbocycles. The Labute approximate surface area is 149 Å². The molecule has 2 amide bonds. The third-order valence-corrected chi connectivity index (χ3v) is 5.02. The summed E-state index contributed by atoms with van der Waals surface area (Å²) in [5.41, 5.74) is 0.566. The largest absolute Gasteiger partial charge is 0.363 e. The Morgan fingerprint density at radius 3 is 2.68 bits per heavy atom. The van der Waals surface area contributed by atoms with E-state index in [4.69, 9.17) is 4.74 Å². The number of hydrogen-bond donors (Lipinski definition) is 0. The van der Waals surface area contributed by atoms with Gasteiger partial charge in [0.1, 0.15) is 6.61 Å². The molecular formula is C19H27N3O3. The van der Waals surface area contributed by atoms with Gasteiger partial charge in [0.25, 0.3) is 5.91 Å². The first-order valence-corrected chi connectivity index (χ1v) is 8.91. The highest BCUT2D eigenvalue weighted by molar-refractivity contribution is 5.95. The van der Waals surface area contributed by atoms with Crippen LogP contribution in [0.5, 0.6) is 0 Å². The van der Waals surface area contributed by atoms with Gasteiger partial charge in [-0.05, 0) is 45.5 Å². The van der Waals surface area contributed by atoms with Crippen molar-refractivity contribution < 1.29 is 14.3 Å². The van der Waals surface area contributed by atoms with Crippen LogP contribution in [0, 0.1) is 0 Å². The molecule has 0 N–H and O–H groups in total. The van der Waals surface area contributed by atoms with Crippen LogP contribution < -0.4 is 4.90 Å². The molecule has 3 rings (SSSR count). The summed E-state index contributed by atoms with van der Waals surface area (Å²) in [6, 6.07) is 9.75. The highest BCUT2D eigenvalue weighted by Crippen LogP contribution is 2.32. The molecule has 0 radical (unpaired) electrons. The second-order valence-electron chi connectivity index (χ2n) is 7.26. The molecule has 25 heavy (non-hydrogen) atoms. The third-order valence-electron chi connectivity index (χ3n) is 5.02. The van der Waals surface area contributed by atoms with Crippen LogP contribution in [0.15, 0.2) is 30.3 Å². The lowest BCUT2D eigenvalue weighted by Gasteiger charge is -2.42. The number of hydrogen-bond acceptors (Lipinski definition) is 4. The number of carbonyl (C=O) groups is 2. The zero-order valence-electron chi connectivity index (χ0n) is 15.1. The molecule has 1 spiro atoms. The molecule has 2 fully saturated rings. The van der Waals surface area contributed by atoms with E-state index < -0.39 is 0 Å². The van der Waals surface area contributed by atoms with E-state index in [2.05, 4.69) is 0 Å². The number of carbonyl (C=O) groups excluding carboxylic acids is 2. The summed E-state index contributed by atoms with van der Waals surface area (Å²) in [7, 11) is 3.82. The van der Waals surface area contributed by atoms with Crippen LogP contribution in [0.1, 0.15) is 19.3 Å². The van der Waals surface area contributed by atoms with Crippen LogP contribution in [0.25, 0.3) is 0 Å². The SMILES string of the molecule is CN(C)CC(=O)N1CCCC2(CC1)CN(c1ccccc1)C(=O)CO2. The van der Waals surface area contributed by atoms with E-state index in [0.717, 1.165) is 31.5 Å². The van der Waals surface area contributed by atoms with Crippen LogP contribution in [0.4, 0.5) is 5.69 Å². The number of likely N-dealkylation sites (tertiary alicyclic amines) is 1. The van der Waals surface area contributed by atoms with Gasteiger partial charge in [0, 0.05) is 18.8 Å². The summed E-state index contributed by atoms with van der Waals surface area (Å²) >= 11 is 0. The molecule has 2 saturated heterocycles. The second kappa shape index (κ2) is 7.54. The number of morpholine rings is 1. The van der Waals surface area contributed by atoms with Crippen molar-refractivity contribution >= 4 is 17.5 Å². The van der Waals surface area contributed by atoms with Gasteiger partial charge in [-0.25, -0.2) is 0 Å². The minimum atomic E-state index is -0.350. The minimum Gasteiger partial charge on any atom is -0.363 e. The molecule has 6 heteroatoms. The Balaban J connectivity index is 1.69. The van der Waals surface area contributed by atoms with Crippen molar-refractivity contribution in [2.75, 3.05) is 51.8 Å². The van der Waals surface area contributed by atoms with E-state index in [-0.39, 0.29) is 24.0 Å². The van der Waals surface area contributed by atoms with Gasteiger partial charge in [-0.3, -0.25) is 9.59 Å². The molecule has 1 aromatic rings. The molecule has 2 aliphatic heterocycles. The minimum absolute atomic E-state index is 0.00149. The first-order chi connectivity index (χ1) is 12.0. The highest BCUT2D eigenvalue weighted by Gasteiger charge is 2.41. The summed E-state index contributed by atoms with van der Waals surface area (Å²) in [6.07, 6.45) is 2.54. The Morgan fingerprint density at radius 1 is 1.20 bits per heavy atom. The van der Waals surface area contributed by atoms with Gasteiger partial charge in [0.2, 0.25) is 5.91 Å². The van der Waals surface area contributed by atoms with E-state index in [1.54, 1.807) is 0 Å². The summed E-state index contributed by atoms with van der Waals surface area (Å²) in [6.45, 7) is 2.55. The van der Waals surface area contributed by atoms with Gasteiger partial charge in [0.15, 0.2) is 0 Å². The fourth-order valence-electron chi connectivity index (χ4n) is 3.65. The molecule has 2 heterocycles. The standard InChI is InChI=1S/C19H27N3O3/c1-20(2)13-17(23)21-11-6-9-19(10-12-21)15-22(18(24)14-25-19)16-7-4-3-5-8-16/h3-5,7-8H,6,9-15H2,1-2H3. The number of amides is 2. The monoisotopic (exact) mass is 345 g/mol. The van der Waals surface area contributed by atoms with Crippen molar-refractivity contribution in [3.63, 3.8) is 0 Å². The van der Waals surface area contributed by atoms with Crippen molar-refractivity contribution in [1.29, 1.82) is 0 Å². The lowest BCUT2D eigenvalue weighted by atomic mass is 9.92. The van der Waals surface area contributed by atoms with Gasteiger partial charge in [-0.15, -0.1) is 0 Å². The Bertz CT molecular complexity index is 620. The van der Waals surface area contributed by atoms with Crippen LogP contribution in [0.3, 0.4) is 0 Å². The zero-order valence-corrected chi connectivity index (χ0v) is 15.1. The molecule has 0 saturated carbocycles. The molecule has 0 aromatic heterocycles. The lowest BCUT2D eigenvalue weighted by Crippen LogP contribution is -2.55. The average Bonchev–Trinajstić information content (AvgIpc) is 2.80. The van der Waals surface area contributed by atoms with Crippen molar-refractivity contribution in [2.24, 2.45) is 0 Å². The Hall–Kier alpha value is -1.92. The van der Waals surface area contributed by atoms with Gasteiger partial charge < -0.3 is 19.4 Å². The summed E-state index contributed by atoms with van der Waals surface area (Å²) in [4.78, 5) is 30.3. The lowest BCUT2D eigenvalue weighted by molar-refractivity contribution is -0.141. The van der Waals surface area contributed by atoms with E-state index in [1.165, 1.54) is 0 Å². The highest BCUT2D eigenvalue weighted by atomic mass is 16.5. The van der Waals surface area contributed by atoms with Crippen LogP contribution in [-0.2, 0) is 14.3 Å². The van der Waals surface area contributed by atoms with Gasteiger partial charge in [0.05, 0.1) is 18.7 Å². The topological polar surface area (TPSA) is 53.1 Å². The fourth-order valence-corrected chi connectivity index (χ4v) is 3.65. The summed E-state index contributed by atoms with van der Waals surface area (Å²) < 4.78 is 6.02. The maximum Gasteiger partial charge on any atom is 0.253 e. The first-order valence-electron chi connectivity index (χ1n) is 8.91. The average molecular weight is 345 g/mol. The molecule has 136 valence electrons. The van der Waals surface area contributed by atoms with Crippen LogP contribution in [0.2, 0.25) is 0 Å². The molecule has 1 unspecified atom stereocenters. The maximum absolute atomic E-state index is 12.3. The van der Waals surface area contributed by atoms with Gasteiger partial charge >= 0.3 is 0 Å². The summed E-state index contributed by atoms with van der Waals surface area (Å²) in [5, 5.41) is 0. The van der Waals surface area contributed by atoms with E-state index in [1.807, 2.05) is 59.1 Å². The van der Waals surface area contributed by atoms with Gasteiger partial charge in [-0.1, -0.05) is 18.2 Å². The van der Waals surface area contributed by atoms with E-state index in [9.17, 15) is 9.59 Å². The fraction of sp³-hybridized carbons (Fsp3) is 0.579. The molecule has 0 bridgehead atoms. The predicted octanol–water partition coefficient (Wildman–Crippen LogP) is 1.36.